The van der Waals surface area contributed by atoms with Crippen molar-refractivity contribution in [3.63, 3.8) is 0 Å². The number of allylic oxidation sites excluding steroid dienone is 2. The van der Waals surface area contributed by atoms with Crippen molar-refractivity contribution in [3.05, 3.63) is 24.4 Å². The second-order valence-corrected chi connectivity index (χ2v) is 2.73. The minimum Gasteiger partial charge on any atom is -1.00 e. The molecule has 4 N–H and O–H groups in total. The summed E-state index contributed by atoms with van der Waals surface area (Å²) in [5, 5.41) is 11.0. The van der Waals surface area contributed by atoms with Crippen LogP contribution in [0.1, 0.15) is 7.85 Å². The van der Waals surface area contributed by atoms with Gasteiger partial charge in [-0.05, 0) is 18.4 Å². The molecule has 1 aliphatic rings. The average molecular weight is 206 g/mol. The number of nitrogens with one attached hydrogen (secondary N) is 1. The van der Waals surface area contributed by atoms with Gasteiger partial charge in [-0.15, -0.1) is 0 Å². The van der Waals surface area contributed by atoms with Gasteiger partial charge in [0.15, 0.2) is 11.4 Å². The molecule has 1 aliphatic heterocycles. The predicted octanol–water partition coefficient (Wildman–Crippen LogP) is -3.53. The Morgan fingerprint density at radius 3 is 2.57 bits per heavy atom. The molecule has 1 atom stereocenters. The zero-order chi connectivity index (χ0) is 9.90. The Balaban J connectivity index is 0. The quantitative estimate of drug-likeness (QED) is 0.329. The maximum Gasteiger partial charge on any atom is 1.00 e. The number of nitrogens with two attached hydrogens (primary N) is 1. The summed E-state index contributed by atoms with van der Waals surface area (Å²) < 4.78 is 0. The summed E-state index contributed by atoms with van der Waals surface area (Å²) in [6.07, 6.45) is 5.61. The molecule has 72 valence electrons. The monoisotopic (exact) mass is 206 g/mol. The van der Waals surface area contributed by atoms with E-state index in [9.17, 15) is 9.59 Å². The van der Waals surface area contributed by atoms with E-state index in [0.717, 1.165) is 0 Å². The van der Waals surface area contributed by atoms with Crippen molar-refractivity contribution in [1.82, 2.24) is 5.32 Å². The van der Waals surface area contributed by atoms with Crippen molar-refractivity contribution in [2.75, 3.05) is 0 Å². The Kier molecular flexibility index (Phi) is 5.07. The molecule has 1 unspecified atom stereocenters. The van der Waals surface area contributed by atoms with Crippen LogP contribution in [0.25, 0.3) is 0 Å². The minimum atomic E-state index is -1.37. The number of carbonyl (C=O) groups excluding carboxylic acids is 1. The fourth-order valence-electron chi connectivity index (χ4n) is 0.954. The molecule has 0 bridgehead atoms. The second kappa shape index (κ2) is 5.31. The molecule has 0 spiro atoms. The fraction of sp³-hybridized carbons (Fsp3) is 0.250. The molecule has 0 aromatic heterocycles. The second-order valence-electron chi connectivity index (χ2n) is 2.73. The zero-order valence-corrected chi connectivity index (χ0v) is 9.86. The van der Waals surface area contributed by atoms with Gasteiger partial charge in [0.05, 0.1) is 0 Å². The number of hydrogen-bond acceptors (Lipinski definition) is 4. The summed E-state index contributed by atoms with van der Waals surface area (Å²) in [5.41, 5.74) is 4.22. The van der Waals surface area contributed by atoms with Crippen molar-refractivity contribution in [2.24, 2.45) is 5.73 Å². The van der Waals surface area contributed by atoms with E-state index in [0.29, 0.717) is 0 Å². The number of carboxylic acids is 1. The summed E-state index contributed by atoms with van der Waals surface area (Å²) in [4.78, 5) is 21.5. The number of ketones is 1. The van der Waals surface area contributed by atoms with E-state index in [2.05, 4.69) is 5.32 Å². The standard InChI is InChI=1S/C8H10N2O3.Na.H/c9-8(3-1-2-4-10-8)6(11)5-7(12)13;;/h1-4,10H,5,9H2,(H,12,13);;/q;+1;-1. The first kappa shape index (κ1) is 13.4. The molecule has 5 nitrogen and oxygen atoms in total. The number of rotatable bonds is 3. The van der Waals surface area contributed by atoms with Gasteiger partial charge in [-0.1, -0.05) is 6.08 Å². The van der Waals surface area contributed by atoms with E-state index in [-0.39, 0.29) is 31.0 Å². The van der Waals surface area contributed by atoms with Crippen LogP contribution in [0.3, 0.4) is 0 Å². The fourth-order valence-corrected chi connectivity index (χ4v) is 0.954. The van der Waals surface area contributed by atoms with Gasteiger partial charge < -0.3 is 11.8 Å². The molecule has 0 fully saturated rings. The van der Waals surface area contributed by atoms with Crippen LogP contribution in [0.4, 0.5) is 0 Å². The van der Waals surface area contributed by atoms with Crippen LogP contribution in [0.5, 0.6) is 0 Å². The molecule has 14 heavy (non-hydrogen) atoms. The molecule has 0 aromatic carbocycles. The van der Waals surface area contributed by atoms with Crippen molar-refractivity contribution in [2.45, 2.75) is 12.1 Å². The Morgan fingerprint density at radius 1 is 1.50 bits per heavy atom. The first-order chi connectivity index (χ1) is 6.04. The summed E-state index contributed by atoms with van der Waals surface area (Å²) in [5.74, 6) is -1.75. The van der Waals surface area contributed by atoms with Gasteiger partial charge in [0.1, 0.15) is 6.42 Å². The third kappa shape index (κ3) is 3.26. The molecule has 0 aromatic rings. The molecule has 1 heterocycles. The summed E-state index contributed by atoms with van der Waals surface area (Å²) in [6, 6.07) is 0. The molecule has 0 radical (unpaired) electrons. The normalized spacial score (nSPS) is 23.5. The Hall–Kier alpha value is -0.620. The van der Waals surface area contributed by atoms with Crippen LogP contribution < -0.4 is 40.6 Å². The molecule has 1 rings (SSSR count). The Morgan fingerprint density at radius 2 is 2.14 bits per heavy atom. The first-order valence-corrected chi connectivity index (χ1v) is 3.70. The maximum atomic E-state index is 11.3. The number of dihydropyridines is 1. The third-order valence-corrected chi connectivity index (χ3v) is 1.66. The van der Waals surface area contributed by atoms with Crippen LogP contribution in [0.2, 0.25) is 0 Å². The van der Waals surface area contributed by atoms with Crippen molar-refractivity contribution in [1.29, 1.82) is 0 Å². The molecule has 0 amide bonds. The van der Waals surface area contributed by atoms with Gasteiger partial charge in [-0.3, -0.25) is 15.3 Å². The number of aliphatic carboxylic acids is 1. The summed E-state index contributed by atoms with van der Waals surface area (Å²) >= 11 is 0. The van der Waals surface area contributed by atoms with Gasteiger partial charge in [-0.2, -0.15) is 0 Å². The Bertz CT molecular complexity index is 306. The molecule has 0 saturated carbocycles. The van der Waals surface area contributed by atoms with Crippen LogP contribution >= 0.6 is 0 Å². The molecular weight excluding hydrogens is 195 g/mol. The smallest absolute Gasteiger partial charge is 1.00 e. The topological polar surface area (TPSA) is 92.4 Å². The van der Waals surface area contributed by atoms with Crippen LogP contribution in [-0.2, 0) is 9.59 Å². The van der Waals surface area contributed by atoms with E-state index in [4.69, 9.17) is 10.8 Å². The van der Waals surface area contributed by atoms with Gasteiger partial charge >= 0.3 is 35.5 Å². The van der Waals surface area contributed by atoms with Gasteiger partial charge in [0.2, 0.25) is 0 Å². The van der Waals surface area contributed by atoms with Gasteiger partial charge in [0.25, 0.3) is 0 Å². The molecule has 0 aliphatic carbocycles. The largest absolute Gasteiger partial charge is 1.00 e. The molecular formula is C8H11N2NaO3. The third-order valence-electron chi connectivity index (χ3n) is 1.66. The zero-order valence-electron chi connectivity index (χ0n) is 8.86. The summed E-state index contributed by atoms with van der Waals surface area (Å²) in [6.45, 7) is 0. The van der Waals surface area contributed by atoms with E-state index >= 15 is 0 Å². The maximum absolute atomic E-state index is 11.3. The van der Waals surface area contributed by atoms with Gasteiger partial charge in [-0.25, -0.2) is 0 Å². The number of carboxylic acid groups (broad SMARTS) is 1. The van der Waals surface area contributed by atoms with Crippen molar-refractivity contribution >= 4 is 11.8 Å². The van der Waals surface area contributed by atoms with E-state index in [1.54, 1.807) is 12.2 Å². The van der Waals surface area contributed by atoms with Crippen molar-refractivity contribution < 1.29 is 45.7 Å². The predicted molar refractivity (Wildman–Crippen MR) is 46.7 cm³/mol. The minimum absolute atomic E-state index is 0. The average Bonchev–Trinajstić information content (AvgIpc) is 2.04. The number of carbonyl (C=O) groups is 2. The van der Waals surface area contributed by atoms with Crippen molar-refractivity contribution in [3.8, 4) is 0 Å². The van der Waals surface area contributed by atoms with Crippen LogP contribution in [-0.4, -0.2) is 22.5 Å². The first-order valence-electron chi connectivity index (χ1n) is 3.70. The number of hydrogen-bond donors (Lipinski definition) is 3. The van der Waals surface area contributed by atoms with Crippen LogP contribution in [0, 0.1) is 0 Å². The number of Topliss-reactive ketones (excluding diaryl/α,β-unsaturated/α-hetero) is 1. The SMILES string of the molecule is NC1(C(=O)CC(=O)O)C=CC=CN1.[H-].[Na+]. The molecule has 6 heteroatoms. The van der Waals surface area contributed by atoms with E-state index < -0.39 is 23.8 Å². The molecule has 0 saturated heterocycles. The van der Waals surface area contributed by atoms with Gasteiger partial charge in [0, 0.05) is 0 Å². The van der Waals surface area contributed by atoms with Crippen LogP contribution in [0.15, 0.2) is 24.4 Å². The van der Waals surface area contributed by atoms with E-state index in [1.807, 2.05) is 0 Å². The van der Waals surface area contributed by atoms with E-state index in [1.165, 1.54) is 12.3 Å². The summed E-state index contributed by atoms with van der Waals surface area (Å²) in [7, 11) is 0. The Labute approximate surface area is 105 Å².